The van der Waals surface area contributed by atoms with Crippen LogP contribution in [-0.4, -0.2) is 30.4 Å². The SMILES string of the molecule is COC(=O)CC(C)Sc1ccnc(OC)c1. The lowest BCUT2D eigenvalue weighted by atomic mass is 10.3. The second-order valence-electron chi connectivity index (χ2n) is 3.24. The third kappa shape index (κ3) is 4.10. The van der Waals surface area contributed by atoms with Crippen molar-refractivity contribution in [2.45, 2.75) is 23.5 Å². The maximum absolute atomic E-state index is 11.1. The summed E-state index contributed by atoms with van der Waals surface area (Å²) in [5, 5.41) is 0.166. The fraction of sp³-hybridized carbons (Fsp3) is 0.455. The number of thioether (sulfide) groups is 1. The number of carbonyl (C=O) groups excluding carboxylic acids is 1. The number of pyridine rings is 1. The summed E-state index contributed by atoms with van der Waals surface area (Å²) in [5.74, 6) is 0.385. The summed E-state index contributed by atoms with van der Waals surface area (Å²) in [4.78, 5) is 16.1. The molecule has 0 aliphatic carbocycles. The maximum atomic E-state index is 11.1. The number of methoxy groups -OCH3 is 2. The van der Waals surface area contributed by atoms with Crippen LogP contribution in [0, 0.1) is 0 Å². The monoisotopic (exact) mass is 241 g/mol. The van der Waals surface area contributed by atoms with Crippen molar-refractivity contribution in [1.29, 1.82) is 0 Å². The van der Waals surface area contributed by atoms with Gasteiger partial charge in [-0.05, 0) is 6.07 Å². The number of ether oxygens (including phenoxy) is 2. The quantitative estimate of drug-likeness (QED) is 0.584. The van der Waals surface area contributed by atoms with E-state index in [0.717, 1.165) is 4.90 Å². The van der Waals surface area contributed by atoms with E-state index in [2.05, 4.69) is 9.72 Å². The highest BCUT2D eigenvalue weighted by molar-refractivity contribution is 8.00. The van der Waals surface area contributed by atoms with E-state index < -0.39 is 0 Å². The lowest BCUT2D eigenvalue weighted by molar-refractivity contribution is -0.140. The molecule has 0 aliphatic heterocycles. The zero-order chi connectivity index (χ0) is 12.0. The molecule has 88 valence electrons. The molecule has 0 spiro atoms. The summed E-state index contributed by atoms with van der Waals surface area (Å²) in [5.41, 5.74) is 0. The van der Waals surface area contributed by atoms with Gasteiger partial charge in [-0.1, -0.05) is 6.92 Å². The van der Waals surface area contributed by atoms with Crippen LogP contribution in [0.25, 0.3) is 0 Å². The second-order valence-corrected chi connectivity index (χ2v) is 4.75. The highest BCUT2D eigenvalue weighted by Crippen LogP contribution is 2.26. The van der Waals surface area contributed by atoms with Crippen LogP contribution in [0.1, 0.15) is 13.3 Å². The number of aromatic nitrogens is 1. The summed E-state index contributed by atoms with van der Waals surface area (Å²) in [6.07, 6.45) is 2.08. The van der Waals surface area contributed by atoms with Gasteiger partial charge in [0.05, 0.1) is 20.6 Å². The Labute approximate surface area is 99.4 Å². The van der Waals surface area contributed by atoms with Crippen molar-refractivity contribution in [2.24, 2.45) is 0 Å². The Kier molecular flexibility index (Phi) is 5.11. The molecule has 0 saturated carbocycles. The zero-order valence-electron chi connectivity index (χ0n) is 9.60. The maximum Gasteiger partial charge on any atom is 0.306 e. The smallest absolute Gasteiger partial charge is 0.306 e. The molecular weight excluding hydrogens is 226 g/mol. The van der Waals surface area contributed by atoms with Crippen molar-refractivity contribution in [3.05, 3.63) is 18.3 Å². The lowest BCUT2D eigenvalue weighted by Crippen LogP contribution is -2.08. The summed E-state index contributed by atoms with van der Waals surface area (Å²) in [6.45, 7) is 1.98. The normalized spacial score (nSPS) is 11.9. The van der Waals surface area contributed by atoms with Gasteiger partial charge in [-0.25, -0.2) is 4.98 Å². The Hall–Kier alpha value is -1.23. The van der Waals surface area contributed by atoms with Gasteiger partial charge < -0.3 is 9.47 Å². The van der Waals surface area contributed by atoms with Crippen molar-refractivity contribution < 1.29 is 14.3 Å². The van der Waals surface area contributed by atoms with E-state index >= 15 is 0 Å². The fourth-order valence-electron chi connectivity index (χ4n) is 1.17. The summed E-state index contributed by atoms with van der Waals surface area (Å²) in [7, 11) is 2.98. The van der Waals surface area contributed by atoms with E-state index in [-0.39, 0.29) is 11.2 Å². The van der Waals surface area contributed by atoms with Crippen LogP contribution in [0.3, 0.4) is 0 Å². The number of hydrogen-bond donors (Lipinski definition) is 0. The Bertz CT molecular complexity index is 357. The minimum absolute atomic E-state index is 0.166. The Morgan fingerprint density at radius 2 is 2.31 bits per heavy atom. The van der Waals surface area contributed by atoms with Gasteiger partial charge in [-0.3, -0.25) is 4.79 Å². The van der Waals surface area contributed by atoms with E-state index in [1.807, 2.05) is 19.1 Å². The van der Waals surface area contributed by atoms with Crippen molar-refractivity contribution >= 4 is 17.7 Å². The molecule has 1 atom stereocenters. The number of esters is 1. The average Bonchev–Trinajstić information content (AvgIpc) is 2.28. The predicted molar refractivity (Wildman–Crippen MR) is 62.7 cm³/mol. The molecular formula is C11H15NO3S. The Morgan fingerprint density at radius 3 is 2.94 bits per heavy atom. The van der Waals surface area contributed by atoms with Crippen molar-refractivity contribution in [1.82, 2.24) is 4.98 Å². The van der Waals surface area contributed by atoms with Gasteiger partial charge in [0.1, 0.15) is 0 Å². The van der Waals surface area contributed by atoms with Crippen molar-refractivity contribution in [2.75, 3.05) is 14.2 Å². The zero-order valence-corrected chi connectivity index (χ0v) is 10.4. The molecule has 0 saturated heterocycles. The molecule has 1 unspecified atom stereocenters. The topological polar surface area (TPSA) is 48.4 Å². The van der Waals surface area contributed by atoms with Gasteiger partial charge in [0.15, 0.2) is 0 Å². The summed E-state index contributed by atoms with van der Waals surface area (Å²) >= 11 is 1.60. The minimum atomic E-state index is -0.193. The van der Waals surface area contributed by atoms with Crippen LogP contribution in [0.2, 0.25) is 0 Å². The third-order valence-electron chi connectivity index (χ3n) is 1.93. The molecule has 4 nitrogen and oxygen atoms in total. The minimum Gasteiger partial charge on any atom is -0.481 e. The molecule has 0 aromatic carbocycles. The fourth-order valence-corrected chi connectivity index (χ4v) is 2.16. The molecule has 16 heavy (non-hydrogen) atoms. The Morgan fingerprint density at radius 1 is 1.56 bits per heavy atom. The molecule has 5 heteroatoms. The van der Waals surface area contributed by atoms with Gasteiger partial charge in [-0.2, -0.15) is 0 Å². The largest absolute Gasteiger partial charge is 0.481 e. The highest BCUT2D eigenvalue weighted by Gasteiger charge is 2.11. The first-order valence-corrected chi connectivity index (χ1v) is 5.77. The molecule has 1 heterocycles. The van der Waals surface area contributed by atoms with Gasteiger partial charge in [0, 0.05) is 22.4 Å². The summed E-state index contributed by atoms with van der Waals surface area (Å²) in [6, 6.07) is 3.74. The molecule has 0 aliphatic rings. The number of carbonyl (C=O) groups is 1. The molecule has 0 fully saturated rings. The first kappa shape index (κ1) is 12.8. The highest BCUT2D eigenvalue weighted by atomic mass is 32.2. The molecule has 0 amide bonds. The third-order valence-corrected chi connectivity index (χ3v) is 3.03. The van der Waals surface area contributed by atoms with Crippen molar-refractivity contribution in [3.8, 4) is 5.88 Å². The molecule has 0 radical (unpaired) electrons. The van der Waals surface area contributed by atoms with Gasteiger partial charge in [0.25, 0.3) is 0 Å². The van der Waals surface area contributed by atoms with E-state index in [0.29, 0.717) is 12.3 Å². The van der Waals surface area contributed by atoms with E-state index in [4.69, 9.17) is 4.74 Å². The number of rotatable bonds is 5. The number of nitrogens with zero attached hydrogens (tertiary/aromatic N) is 1. The molecule has 0 N–H and O–H groups in total. The lowest BCUT2D eigenvalue weighted by Gasteiger charge is -2.09. The van der Waals surface area contributed by atoms with Gasteiger partial charge in [-0.15, -0.1) is 11.8 Å². The summed E-state index contributed by atoms with van der Waals surface area (Å²) < 4.78 is 9.64. The van der Waals surface area contributed by atoms with Crippen LogP contribution in [-0.2, 0) is 9.53 Å². The average molecular weight is 241 g/mol. The Balaban J connectivity index is 2.55. The van der Waals surface area contributed by atoms with E-state index in [1.165, 1.54) is 7.11 Å². The van der Waals surface area contributed by atoms with Crippen LogP contribution < -0.4 is 4.74 Å². The van der Waals surface area contributed by atoms with E-state index in [9.17, 15) is 4.79 Å². The van der Waals surface area contributed by atoms with Gasteiger partial charge in [0.2, 0.25) is 5.88 Å². The molecule has 1 aromatic heterocycles. The van der Waals surface area contributed by atoms with Crippen LogP contribution in [0.4, 0.5) is 0 Å². The molecule has 1 rings (SSSR count). The standard InChI is InChI=1S/C11H15NO3S/c1-8(6-11(13)15-3)16-9-4-5-12-10(7-9)14-2/h4-5,7-8H,6H2,1-3H3. The first-order valence-electron chi connectivity index (χ1n) is 4.89. The van der Waals surface area contributed by atoms with Crippen LogP contribution in [0.15, 0.2) is 23.2 Å². The van der Waals surface area contributed by atoms with Gasteiger partial charge >= 0.3 is 5.97 Å². The van der Waals surface area contributed by atoms with E-state index in [1.54, 1.807) is 25.1 Å². The predicted octanol–water partition coefficient (Wildman–Crippen LogP) is 2.13. The number of hydrogen-bond acceptors (Lipinski definition) is 5. The van der Waals surface area contributed by atoms with Crippen LogP contribution in [0.5, 0.6) is 5.88 Å². The first-order chi connectivity index (χ1) is 7.65. The molecule has 1 aromatic rings. The van der Waals surface area contributed by atoms with Crippen LogP contribution >= 0.6 is 11.8 Å². The molecule has 0 bridgehead atoms. The second kappa shape index (κ2) is 6.37. The van der Waals surface area contributed by atoms with Crippen molar-refractivity contribution in [3.63, 3.8) is 0 Å².